The molecule has 2 aromatic rings. The zero-order chi connectivity index (χ0) is 25.6. The second kappa shape index (κ2) is 8.70. The minimum atomic E-state index is -4.93. The summed E-state index contributed by atoms with van der Waals surface area (Å²) in [5.74, 6) is -8.53. The molecule has 184 valence electrons. The minimum Gasteiger partial charge on any atom is -0.493 e. The number of hydrogen-bond donors (Lipinski definition) is 2. The summed E-state index contributed by atoms with van der Waals surface area (Å²) in [4.78, 5) is 28.1. The minimum absolute atomic E-state index is 0.211. The summed E-state index contributed by atoms with van der Waals surface area (Å²) in [6.07, 6.45) is -5.86. The Kier molecular flexibility index (Phi) is 6.44. The van der Waals surface area contributed by atoms with Gasteiger partial charge in [-0.2, -0.15) is 22.3 Å². The third-order valence-electron chi connectivity index (χ3n) is 5.97. The van der Waals surface area contributed by atoms with Crippen LogP contribution < -0.4 is 15.8 Å². The molecule has 0 saturated carbocycles. The number of aromatic nitrogens is 1. The van der Waals surface area contributed by atoms with Crippen LogP contribution in [0.4, 0.5) is 22.0 Å². The average molecular weight is 489 g/mol. The number of primary amides is 1. The molecular weight excluding hydrogens is 469 g/mol. The van der Waals surface area contributed by atoms with E-state index in [4.69, 9.17) is 15.2 Å². The number of amides is 2. The summed E-state index contributed by atoms with van der Waals surface area (Å²) in [7, 11) is 1.01. The molecule has 3 N–H and O–H groups in total. The Morgan fingerprint density at radius 3 is 2.47 bits per heavy atom. The lowest BCUT2D eigenvalue weighted by atomic mass is 9.77. The second-order valence-electron chi connectivity index (χ2n) is 7.87. The van der Waals surface area contributed by atoms with Gasteiger partial charge in [-0.1, -0.05) is 13.0 Å². The number of pyridine rings is 1. The van der Waals surface area contributed by atoms with Gasteiger partial charge in [-0.25, -0.2) is 9.38 Å². The fraction of sp³-hybridized carbons (Fsp3) is 0.381. The zero-order valence-electron chi connectivity index (χ0n) is 18.1. The molecule has 1 fully saturated rings. The predicted molar refractivity (Wildman–Crippen MR) is 105 cm³/mol. The van der Waals surface area contributed by atoms with Crippen LogP contribution in [-0.2, 0) is 9.53 Å². The first kappa shape index (κ1) is 25.1. The molecule has 0 spiro atoms. The molecular formula is C21H20F5N3O5. The van der Waals surface area contributed by atoms with Crippen molar-refractivity contribution in [1.29, 1.82) is 0 Å². The van der Waals surface area contributed by atoms with Crippen LogP contribution in [0.2, 0.25) is 0 Å². The van der Waals surface area contributed by atoms with Crippen LogP contribution in [0.15, 0.2) is 35.5 Å². The van der Waals surface area contributed by atoms with Crippen LogP contribution in [0.1, 0.15) is 35.8 Å². The van der Waals surface area contributed by atoms with Gasteiger partial charge >= 0.3 is 6.18 Å². The Hall–Kier alpha value is -3.48. The maximum Gasteiger partial charge on any atom is 0.417 e. The van der Waals surface area contributed by atoms with Gasteiger partial charge in [0.05, 0.1) is 12.5 Å². The van der Waals surface area contributed by atoms with Gasteiger partial charge in [0.25, 0.3) is 11.8 Å². The number of carbonyl (C=O) groups excluding carboxylic acids is 2. The van der Waals surface area contributed by atoms with Crippen molar-refractivity contribution in [3.05, 3.63) is 58.7 Å². The van der Waals surface area contributed by atoms with Gasteiger partial charge in [0.15, 0.2) is 17.2 Å². The molecule has 8 nitrogen and oxygen atoms in total. The quantitative estimate of drug-likeness (QED) is 0.506. The summed E-state index contributed by atoms with van der Waals surface area (Å²) in [5.41, 5.74) is 1.61. The number of halogens is 5. The van der Waals surface area contributed by atoms with Crippen molar-refractivity contribution in [2.24, 2.45) is 16.6 Å². The van der Waals surface area contributed by atoms with Crippen molar-refractivity contribution in [2.75, 3.05) is 7.11 Å². The highest BCUT2D eigenvalue weighted by molar-refractivity contribution is 5.91. The Bertz CT molecular complexity index is 1210. The number of hydrogen-bond acceptors (Lipinski definition) is 5. The monoisotopic (exact) mass is 489 g/mol. The van der Waals surface area contributed by atoms with Crippen LogP contribution in [0.3, 0.4) is 0 Å². The number of methoxy groups -OCH3 is 1. The molecule has 1 aromatic carbocycles. The first-order valence-corrected chi connectivity index (χ1v) is 9.79. The maximum atomic E-state index is 14.4. The van der Waals surface area contributed by atoms with Crippen molar-refractivity contribution < 1.29 is 46.2 Å². The van der Waals surface area contributed by atoms with Crippen molar-refractivity contribution in [3.8, 4) is 5.75 Å². The SMILES string of the molecule is COc1c([C@@H]2[C@@H](C(=O)N=c3ccn(O)c(C(N)=O)c3)O[C@](C)(C(F)(F)F)[C@@H]2C)ccc(F)c1F. The van der Waals surface area contributed by atoms with Gasteiger partial charge in [0, 0.05) is 23.6 Å². The van der Waals surface area contributed by atoms with Gasteiger partial charge < -0.3 is 20.4 Å². The van der Waals surface area contributed by atoms with E-state index in [2.05, 4.69) is 4.99 Å². The summed E-state index contributed by atoms with van der Waals surface area (Å²) in [5, 5.41) is 9.39. The Labute approximate surface area is 189 Å². The van der Waals surface area contributed by atoms with Gasteiger partial charge in [-0.15, -0.1) is 0 Å². The van der Waals surface area contributed by atoms with Crippen LogP contribution in [0.5, 0.6) is 5.75 Å². The highest BCUT2D eigenvalue weighted by atomic mass is 19.4. The maximum absolute atomic E-state index is 14.4. The molecule has 1 aliphatic heterocycles. The summed E-state index contributed by atoms with van der Waals surface area (Å²) < 4.78 is 80.4. The number of rotatable bonds is 4. The first-order chi connectivity index (χ1) is 15.7. The number of carbonyl (C=O) groups is 2. The first-order valence-electron chi connectivity index (χ1n) is 9.79. The van der Waals surface area contributed by atoms with Gasteiger partial charge in [-0.3, -0.25) is 9.59 Å². The van der Waals surface area contributed by atoms with Crippen molar-refractivity contribution >= 4 is 11.8 Å². The highest BCUT2D eigenvalue weighted by Crippen LogP contribution is 2.55. The third-order valence-corrected chi connectivity index (χ3v) is 5.97. The van der Waals surface area contributed by atoms with Gasteiger partial charge in [-0.05, 0) is 25.1 Å². The molecule has 0 bridgehead atoms. The molecule has 1 aliphatic rings. The van der Waals surface area contributed by atoms with E-state index in [0.29, 0.717) is 10.8 Å². The van der Waals surface area contributed by atoms with E-state index in [9.17, 15) is 36.7 Å². The van der Waals surface area contributed by atoms with E-state index in [-0.39, 0.29) is 10.9 Å². The lowest BCUT2D eigenvalue weighted by Gasteiger charge is -2.32. The van der Waals surface area contributed by atoms with Crippen LogP contribution >= 0.6 is 0 Å². The van der Waals surface area contributed by atoms with E-state index in [1.165, 1.54) is 0 Å². The molecule has 1 saturated heterocycles. The third kappa shape index (κ3) is 4.11. The van der Waals surface area contributed by atoms with Crippen molar-refractivity contribution in [3.63, 3.8) is 0 Å². The predicted octanol–water partition coefficient (Wildman–Crippen LogP) is 2.68. The largest absolute Gasteiger partial charge is 0.493 e. The normalized spacial score (nSPS) is 25.4. The van der Waals surface area contributed by atoms with E-state index in [1.54, 1.807) is 0 Å². The lowest BCUT2D eigenvalue weighted by Crippen LogP contribution is -2.47. The number of alkyl halides is 3. The summed E-state index contributed by atoms with van der Waals surface area (Å²) in [6, 6.07) is 3.76. The number of nitrogens with zero attached hydrogens (tertiary/aromatic N) is 2. The molecule has 4 atom stereocenters. The molecule has 2 heterocycles. The molecule has 0 radical (unpaired) electrons. The molecule has 3 rings (SSSR count). The van der Waals surface area contributed by atoms with E-state index < -0.39 is 64.6 Å². The molecule has 0 aliphatic carbocycles. The molecule has 0 unspecified atom stereocenters. The van der Waals surface area contributed by atoms with Gasteiger partial charge in [0.2, 0.25) is 5.82 Å². The van der Waals surface area contributed by atoms with E-state index in [0.717, 1.165) is 45.4 Å². The summed E-state index contributed by atoms with van der Waals surface area (Å²) >= 11 is 0. The lowest BCUT2D eigenvalue weighted by molar-refractivity contribution is -0.272. The summed E-state index contributed by atoms with van der Waals surface area (Å²) in [6.45, 7) is 1.90. The van der Waals surface area contributed by atoms with Crippen LogP contribution in [0.25, 0.3) is 0 Å². The van der Waals surface area contributed by atoms with E-state index in [1.807, 2.05) is 0 Å². The zero-order valence-corrected chi connectivity index (χ0v) is 18.1. The van der Waals surface area contributed by atoms with Crippen LogP contribution in [0, 0.1) is 17.6 Å². The Morgan fingerprint density at radius 1 is 1.26 bits per heavy atom. The van der Waals surface area contributed by atoms with E-state index >= 15 is 0 Å². The highest BCUT2D eigenvalue weighted by Gasteiger charge is 2.65. The topological polar surface area (TPSA) is 116 Å². The van der Waals surface area contributed by atoms with Gasteiger partial charge in [0.1, 0.15) is 11.8 Å². The fourth-order valence-corrected chi connectivity index (χ4v) is 3.95. The fourth-order valence-electron chi connectivity index (χ4n) is 3.95. The number of ether oxygens (including phenoxy) is 2. The smallest absolute Gasteiger partial charge is 0.417 e. The van der Waals surface area contributed by atoms with Crippen molar-refractivity contribution in [2.45, 2.75) is 37.6 Å². The second-order valence-corrected chi connectivity index (χ2v) is 7.87. The Balaban J connectivity index is 2.18. The number of benzene rings is 1. The van der Waals surface area contributed by atoms with Crippen LogP contribution in [-0.4, -0.2) is 46.7 Å². The molecule has 13 heteroatoms. The molecule has 2 amide bonds. The Morgan fingerprint density at radius 2 is 1.91 bits per heavy atom. The standard InChI is InChI=1S/C21H20F5N3O5/c1-9-14(11-4-5-12(22)15(23)16(11)33-3)17(34-20(9,2)21(24,25)26)19(31)28-10-6-7-29(32)13(8-10)18(27)30/h4-9,14,17,32H,1-3H3,(H2,27,30)/t9-,14-,17+,20+/m1/s1. The average Bonchev–Trinajstić information content (AvgIpc) is 3.03. The number of nitrogens with two attached hydrogens (primary N) is 1. The molecule has 34 heavy (non-hydrogen) atoms. The molecule has 1 aromatic heterocycles. The van der Waals surface area contributed by atoms with Crippen molar-refractivity contribution in [1.82, 2.24) is 4.73 Å².